The number of rotatable bonds is 3. The van der Waals surface area contributed by atoms with Crippen LogP contribution in [0.4, 0.5) is 5.69 Å². The van der Waals surface area contributed by atoms with Gasteiger partial charge in [-0.25, -0.2) is 4.21 Å². The van der Waals surface area contributed by atoms with Gasteiger partial charge in [0.05, 0.1) is 15.4 Å². The molecule has 5 heteroatoms. The van der Waals surface area contributed by atoms with E-state index < -0.39 is 9.73 Å². The molecule has 112 valence electrons. The van der Waals surface area contributed by atoms with Crippen molar-refractivity contribution in [3.05, 3.63) is 66.4 Å². The van der Waals surface area contributed by atoms with Crippen LogP contribution >= 0.6 is 0 Å². The van der Waals surface area contributed by atoms with Crippen LogP contribution in [-0.2, 0) is 9.73 Å². The molecule has 0 aliphatic carbocycles. The monoisotopic (exact) mass is 312 g/mol. The number of benzene rings is 2. The Morgan fingerprint density at radius 1 is 1.05 bits per heavy atom. The number of aryl methyl sites for hydroxylation is 1. The van der Waals surface area contributed by atoms with Gasteiger partial charge >= 0.3 is 0 Å². The highest BCUT2D eigenvalue weighted by Gasteiger charge is 2.07. The van der Waals surface area contributed by atoms with Crippen molar-refractivity contribution in [1.29, 1.82) is 0 Å². The molecule has 3 rings (SSSR count). The quantitative estimate of drug-likeness (QED) is 0.718. The third kappa shape index (κ3) is 3.09. The van der Waals surface area contributed by atoms with Gasteiger partial charge in [0.15, 0.2) is 0 Å². The maximum atomic E-state index is 12.7. The van der Waals surface area contributed by atoms with E-state index >= 15 is 0 Å². The first-order valence-electron chi connectivity index (χ1n) is 6.85. The molecule has 22 heavy (non-hydrogen) atoms. The van der Waals surface area contributed by atoms with Gasteiger partial charge < -0.3 is 4.52 Å². The minimum Gasteiger partial charge on any atom is -0.361 e. The predicted molar refractivity (Wildman–Crippen MR) is 87.5 cm³/mol. The van der Waals surface area contributed by atoms with Crippen LogP contribution in [0.15, 0.2) is 74.4 Å². The van der Waals surface area contributed by atoms with E-state index in [0.29, 0.717) is 5.69 Å². The molecule has 0 bridgehead atoms. The summed E-state index contributed by atoms with van der Waals surface area (Å²) in [6, 6.07) is 18.6. The second-order valence-electron chi connectivity index (χ2n) is 5.08. The molecule has 0 fully saturated rings. The zero-order valence-corrected chi connectivity index (χ0v) is 13.2. The van der Waals surface area contributed by atoms with Crippen molar-refractivity contribution in [2.45, 2.75) is 11.8 Å². The average molecular weight is 312 g/mol. The number of hydrogen-bond donors (Lipinski definition) is 0. The molecule has 0 aliphatic rings. The summed E-state index contributed by atoms with van der Waals surface area (Å²) < 4.78 is 22.2. The van der Waals surface area contributed by atoms with Crippen molar-refractivity contribution in [3.8, 4) is 11.3 Å². The van der Waals surface area contributed by atoms with Crippen molar-refractivity contribution in [3.63, 3.8) is 0 Å². The van der Waals surface area contributed by atoms with Crippen LogP contribution in [0.25, 0.3) is 11.3 Å². The van der Waals surface area contributed by atoms with E-state index in [1.807, 2.05) is 67.6 Å². The van der Waals surface area contributed by atoms with Crippen LogP contribution in [0.3, 0.4) is 0 Å². The summed E-state index contributed by atoms with van der Waals surface area (Å²) in [6.45, 7) is 1.85. The van der Waals surface area contributed by atoms with Gasteiger partial charge in [-0.15, -0.1) is 0 Å². The average Bonchev–Trinajstić information content (AvgIpc) is 2.95. The molecule has 0 amide bonds. The molecule has 1 aromatic heterocycles. The Morgan fingerprint density at radius 2 is 1.73 bits per heavy atom. The van der Waals surface area contributed by atoms with Crippen molar-refractivity contribution in [2.75, 3.05) is 6.26 Å². The summed E-state index contributed by atoms with van der Waals surface area (Å²) in [7, 11) is -2.45. The van der Waals surface area contributed by atoms with E-state index in [4.69, 9.17) is 4.52 Å². The first-order valence-corrected chi connectivity index (χ1v) is 8.78. The molecule has 3 aromatic rings. The normalized spacial score (nSPS) is 13.5. The summed E-state index contributed by atoms with van der Waals surface area (Å²) in [6.07, 6.45) is 1.65. The fourth-order valence-corrected chi connectivity index (χ4v) is 3.41. The third-order valence-electron chi connectivity index (χ3n) is 3.25. The molecule has 2 aromatic carbocycles. The van der Waals surface area contributed by atoms with Gasteiger partial charge in [0, 0.05) is 22.8 Å². The standard InChI is InChI=1S/C17H16N2O2S/c1-13-12-17(18-21-13)14-8-10-15(11-9-14)19-22(2,20)16-6-4-3-5-7-16/h3-12H,1-2H3. The molecule has 1 unspecified atom stereocenters. The van der Waals surface area contributed by atoms with Gasteiger partial charge in [0.25, 0.3) is 0 Å². The molecule has 1 atom stereocenters. The van der Waals surface area contributed by atoms with E-state index in [1.54, 1.807) is 6.26 Å². The lowest BCUT2D eigenvalue weighted by molar-refractivity contribution is 0.399. The second-order valence-corrected chi connectivity index (χ2v) is 7.34. The van der Waals surface area contributed by atoms with Gasteiger partial charge in [-0.2, -0.15) is 4.36 Å². The third-order valence-corrected chi connectivity index (χ3v) is 4.96. The summed E-state index contributed by atoms with van der Waals surface area (Å²) in [5.74, 6) is 0.768. The Morgan fingerprint density at radius 3 is 2.32 bits per heavy atom. The lowest BCUT2D eigenvalue weighted by atomic mass is 10.1. The van der Waals surface area contributed by atoms with Crippen LogP contribution < -0.4 is 0 Å². The number of aromatic nitrogens is 1. The predicted octanol–water partition coefficient (Wildman–Crippen LogP) is 4.44. The highest BCUT2D eigenvalue weighted by molar-refractivity contribution is 7.93. The van der Waals surface area contributed by atoms with E-state index in [-0.39, 0.29) is 0 Å². The van der Waals surface area contributed by atoms with E-state index in [2.05, 4.69) is 9.52 Å². The molecule has 0 radical (unpaired) electrons. The highest BCUT2D eigenvalue weighted by atomic mass is 32.2. The summed E-state index contributed by atoms with van der Waals surface area (Å²) in [5, 5.41) is 3.98. The molecule has 0 spiro atoms. The van der Waals surface area contributed by atoms with E-state index in [0.717, 1.165) is 21.9 Å². The summed E-state index contributed by atoms with van der Waals surface area (Å²) in [4.78, 5) is 0.728. The van der Waals surface area contributed by atoms with Gasteiger partial charge in [-0.05, 0) is 31.2 Å². The zero-order chi connectivity index (χ0) is 15.6. The molecule has 1 heterocycles. The molecule has 0 aliphatic heterocycles. The molecule has 4 nitrogen and oxygen atoms in total. The minimum absolute atomic E-state index is 0.681. The van der Waals surface area contributed by atoms with Crippen molar-refractivity contribution in [2.24, 2.45) is 4.36 Å². The Hall–Kier alpha value is -2.40. The van der Waals surface area contributed by atoms with E-state index in [1.165, 1.54) is 0 Å². The largest absolute Gasteiger partial charge is 0.361 e. The Balaban J connectivity index is 1.93. The second kappa shape index (κ2) is 5.77. The van der Waals surface area contributed by atoms with Crippen LogP contribution in [0, 0.1) is 6.92 Å². The summed E-state index contributed by atoms with van der Waals surface area (Å²) in [5.41, 5.74) is 2.41. The molecule has 0 saturated heterocycles. The fourth-order valence-electron chi connectivity index (χ4n) is 2.12. The maximum absolute atomic E-state index is 12.7. The molecule has 0 saturated carbocycles. The Bertz CT molecular complexity index is 890. The topological polar surface area (TPSA) is 55.5 Å². The smallest absolute Gasteiger partial charge is 0.134 e. The SMILES string of the molecule is Cc1cc(-c2ccc(N=S(C)(=O)c3ccccc3)cc2)no1. The van der Waals surface area contributed by atoms with Gasteiger partial charge in [0.1, 0.15) is 11.5 Å². The molecular weight excluding hydrogens is 296 g/mol. The summed E-state index contributed by atoms with van der Waals surface area (Å²) >= 11 is 0. The van der Waals surface area contributed by atoms with Crippen LogP contribution in [0.5, 0.6) is 0 Å². The van der Waals surface area contributed by atoms with Gasteiger partial charge in [0.2, 0.25) is 0 Å². The van der Waals surface area contributed by atoms with Crippen LogP contribution in [-0.4, -0.2) is 15.6 Å². The maximum Gasteiger partial charge on any atom is 0.134 e. The first-order chi connectivity index (χ1) is 10.5. The van der Waals surface area contributed by atoms with Crippen LogP contribution in [0.2, 0.25) is 0 Å². The highest BCUT2D eigenvalue weighted by Crippen LogP contribution is 2.24. The van der Waals surface area contributed by atoms with Crippen molar-refractivity contribution in [1.82, 2.24) is 5.16 Å². The van der Waals surface area contributed by atoms with Gasteiger partial charge in [-0.1, -0.05) is 35.5 Å². The lowest BCUT2D eigenvalue weighted by Crippen LogP contribution is -1.96. The minimum atomic E-state index is -2.45. The van der Waals surface area contributed by atoms with Crippen molar-refractivity contribution < 1.29 is 8.73 Å². The Labute approximate surface area is 130 Å². The molecular formula is C17H16N2O2S. The van der Waals surface area contributed by atoms with Crippen molar-refractivity contribution >= 4 is 15.4 Å². The fraction of sp³-hybridized carbons (Fsp3) is 0.118. The number of hydrogen-bond acceptors (Lipinski definition) is 4. The Kier molecular flexibility index (Phi) is 3.81. The lowest BCUT2D eigenvalue weighted by Gasteiger charge is -2.04. The molecule has 0 N–H and O–H groups in total. The van der Waals surface area contributed by atoms with Crippen LogP contribution in [0.1, 0.15) is 5.76 Å². The van der Waals surface area contributed by atoms with E-state index in [9.17, 15) is 4.21 Å². The number of nitrogens with zero attached hydrogens (tertiary/aromatic N) is 2. The first kappa shape index (κ1) is 14.5. The zero-order valence-electron chi connectivity index (χ0n) is 12.4. The van der Waals surface area contributed by atoms with Gasteiger partial charge in [-0.3, -0.25) is 0 Å².